The minimum atomic E-state index is -0.0101. The lowest BCUT2D eigenvalue weighted by molar-refractivity contribution is 0.247. The Balaban J connectivity index is 3.09. The normalized spacial score (nSPS) is 11.6. The molecule has 0 atom stereocenters. The van der Waals surface area contributed by atoms with Crippen LogP contribution in [0.5, 0.6) is 5.75 Å². The first-order chi connectivity index (χ1) is 7.92. The fraction of sp³-hybridized carbons (Fsp3) is 0.571. The van der Waals surface area contributed by atoms with E-state index >= 15 is 0 Å². The fourth-order valence-corrected chi connectivity index (χ4v) is 2.20. The van der Waals surface area contributed by atoms with Gasteiger partial charge in [0.25, 0.3) is 0 Å². The Morgan fingerprint density at radius 2 is 1.88 bits per heavy atom. The van der Waals surface area contributed by atoms with E-state index in [4.69, 9.17) is 9.84 Å². The van der Waals surface area contributed by atoms with Crippen LogP contribution in [0.15, 0.2) is 12.1 Å². The van der Waals surface area contributed by atoms with E-state index in [-0.39, 0.29) is 12.1 Å². The molecule has 0 aliphatic rings. The average Bonchev–Trinajstić information content (AvgIpc) is 2.28. The summed E-state index contributed by atoms with van der Waals surface area (Å²) in [5, 5.41) is 11.8. The molecule has 0 aromatic heterocycles. The Morgan fingerprint density at radius 3 is 2.41 bits per heavy atom. The van der Waals surface area contributed by atoms with E-state index in [9.17, 15) is 0 Å². The van der Waals surface area contributed by atoms with Crippen LogP contribution < -0.4 is 10.1 Å². The number of aliphatic hydroxyl groups excluding tert-OH is 1. The highest BCUT2D eigenvalue weighted by Gasteiger charge is 2.23. The lowest BCUT2D eigenvalue weighted by Crippen LogP contribution is -2.34. The van der Waals surface area contributed by atoms with Gasteiger partial charge >= 0.3 is 0 Å². The number of hydrogen-bond acceptors (Lipinski definition) is 3. The molecule has 0 amide bonds. The van der Waals surface area contributed by atoms with E-state index < -0.39 is 0 Å². The van der Waals surface area contributed by atoms with Crippen molar-refractivity contribution < 1.29 is 9.84 Å². The predicted molar refractivity (Wildman–Crippen MR) is 70.6 cm³/mol. The highest BCUT2D eigenvalue weighted by molar-refractivity contribution is 5.44. The summed E-state index contributed by atoms with van der Waals surface area (Å²) in [6.45, 7) is 9.25. The van der Waals surface area contributed by atoms with Gasteiger partial charge in [-0.1, -0.05) is 19.9 Å². The first-order valence-electron chi connectivity index (χ1n) is 5.89. The Kier molecular flexibility index (Phi) is 4.54. The quantitative estimate of drug-likeness (QED) is 0.771. The van der Waals surface area contributed by atoms with Crippen LogP contribution in [-0.4, -0.2) is 25.5 Å². The van der Waals surface area contributed by atoms with Crippen LogP contribution in [-0.2, 0) is 5.41 Å². The number of benzene rings is 1. The van der Waals surface area contributed by atoms with Crippen molar-refractivity contribution in [2.45, 2.75) is 33.1 Å². The molecule has 0 spiro atoms. The van der Waals surface area contributed by atoms with Crippen LogP contribution in [0, 0.1) is 13.8 Å². The molecule has 17 heavy (non-hydrogen) atoms. The van der Waals surface area contributed by atoms with Crippen molar-refractivity contribution in [3.8, 4) is 5.75 Å². The van der Waals surface area contributed by atoms with Crippen LogP contribution in [0.2, 0.25) is 0 Å². The van der Waals surface area contributed by atoms with Crippen LogP contribution in [0.1, 0.15) is 30.5 Å². The van der Waals surface area contributed by atoms with Gasteiger partial charge in [-0.3, -0.25) is 5.32 Å². The maximum absolute atomic E-state index is 8.85. The number of rotatable bonds is 5. The molecule has 0 aliphatic carbocycles. The Hall–Kier alpha value is -1.06. The molecule has 0 fully saturated rings. The van der Waals surface area contributed by atoms with Gasteiger partial charge in [0, 0.05) is 12.0 Å². The minimum absolute atomic E-state index is 0.0101. The Labute approximate surface area is 104 Å². The molecule has 3 heteroatoms. The number of ether oxygens (including phenoxy) is 1. The van der Waals surface area contributed by atoms with E-state index in [1.54, 1.807) is 7.11 Å². The molecule has 2 N–H and O–H groups in total. The molecular weight excluding hydrogens is 214 g/mol. The minimum Gasteiger partial charge on any atom is -0.496 e. The van der Waals surface area contributed by atoms with Crippen molar-refractivity contribution in [1.29, 1.82) is 0 Å². The third-order valence-electron chi connectivity index (χ3n) is 3.15. The van der Waals surface area contributed by atoms with E-state index in [1.807, 2.05) is 0 Å². The van der Waals surface area contributed by atoms with Gasteiger partial charge in [0.05, 0.1) is 13.8 Å². The SMILES string of the molecule is COc1cc(C)c(C(C)(C)CNCO)cc1C. The standard InChI is InChI=1S/C14H23NO2/c1-10-7-13(17-5)11(2)6-12(10)14(3,4)8-15-9-16/h6-7,15-16H,8-9H2,1-5H3. The van der Waals surface area contributed by atoms with Crippen molar-refractivity contribution in [2.75, 3.05) is 20.4 Å². The van der Waals surface area contributed by atoms with Gasteiger partial charge in [-0.05, 0) is 36.6 Å². The van der Waals surface area contributed by atoms with Crippen molar-refractivity contribution >= 4 is 0 Å². The zero-order valence-electron chi connectivity index (χ0n) is 11.4. The van der Waals surface area contributed by atoms with Crippen LogP contribution in [0.3, 0.4) is 0 Å². The van der Waals surface area contributed by atoms with Crippen molar-refractivity contribution in [1.82, 2.24) is 5.32 Å². The summed E-state index contributed by atoms with van der Waals surface area (Å²) in [6, 6.07) is 4.25. The molecule has 1 aromatic rings. The highest BCUT2D eigenvalue weighted by Crippen LogP contribution is 2.31. The van der Waals surface area contributed by atoms with Crippen LogP contribution in [0.4, 0.5) is 0 Å². The molecule has 1 rings (SSSR count). The molecule has 0 saturated heterocycles. The average molecular weight is 237 g/mol. The second-order valence-electron chi connectivity index (χ2n) is 5.11. The second kappa shape index (κ2) is 5.52. The monoisotopic (exact) mass is 237 g/mol. The van der Waals surface area contributed by atoms with Gasteiger partial charge in [-0.25, -0.2) is 0 Å². The second-order valence-corrected chi connectivity index (χ2v) is 5.11. The van der Waals surface area contributed by atoms with E-state index in [0.717, 1.165) is 17.9 Å². The summed E-state index contributed by atoms with van der Waals surface area (Å²) >= 11 is 0. The molecule has 3 nitrogen and oxygen atoms in total. The fourth-order valence-electron chi connectivity index (χ4n) is 2.20. The number of hydrogen-bond donors (Lipinski definition) is 2. The van der Waals surface area contributed by atoms with E-state index in [1.165, 1.54) is 11.1 Å². The number of nitrogens with one attached hydrogen (secondary N) is 1. The van der Waals surface area contributed by atoms with Crippen molar-refractivity contribution in [2.24, 2.45) is 0 Å². The smallest absolute Gasteiger partial charge is 0.122 e. The number of aliphatic hydroxyl groups is 1. The summed E-state index contributed by atoms with van der Waals surface area (Å²) in [6.07, 6.45) is 0. The largest absolute Gasteiger partial charge is 0.496 e. The molecule has 1 aromatic carbocycles. The molecule has 0 radical (unpaired) electrons. The van der Waals surface area contributed by atoms with Gasteiger partial charge in [0.1, 0.15) is 5.75 Å². The lowest BCUT2D eigenvalue weighted by atomic mass is 9.81. The van der Waals surface area contributed by atoms with E-state index in [2.05, 4.69) is 45.1 Å². The zero-order valence-corrected chi connectivity index (χ0v) is 11.4. The molecule has 0 aliphatic heterocycles. The Bertz CT molecular complexity index is 386. The first kappa shape index (κ1) is 14.0. The number of aryl methyl sites for hydroxylation is 2. The summed E-state index contributed by atoms with van der Waals surface area (Å²) in [5.74, 6) is 0.928. The summed E-state index contributed by atoms with van der Waals surface area (Å²) in [5.41, 5.74) is 3.64. The third kappa shape index (κ3) is 3.20. The van der Waals surface area contributed by atoms with Gasteiger partial charge in [0.2, 0.25) is 0 Å². The van der Waals surface area contributed by atoms with Gasteiger partial charge in [0.15, 0.2) is 0 Å². The number of methoxy groups -OCH3 is 1. The van der Waals surface area contributed by atoms with E-state index in [0.29, 0.717) is 0 Å². The molecule has 96 valence electrons. The van der Waals surface area contributed by atoms with Gasteiger partial charge in [-0.2, -0.15) is 0 Å². The Morgan fingerprint density at radius 1 is 1.24 bits per heavy atom. The van der Waals surface area contributed by atoms with Gasteiger partial charge in [-0.15, -0.1) is 0 Å². The van der Waals surface area contributed by atoms with Gasteiger partial charge < -0.3 is 9.84 Å². The van der Waals surface area contributed by atoms with Crippen LogP contribution >= 0.6 is 0 Å². The molecule has 0 bridgehead atoms. The van der Waals surface area contributed by atoms with Crippen molar-refractivity contribution in [3.63, 3.8) is 0 Å². The molecule has 0 saturated carbocycles. The maximum Gasteiger partial charge on any atom is 0.122 e. The summed E-state index contributed by atoms with van der Waals surface area (Å²) in [7, 11) is 1.69. The molecular formula is C14H23NO2. The third-order valence-corrected chi connectivity index (χ3v) is 3.15. The first-order valence-corrected chi connectivity index (χ1v) is 5.89. The zero-order chi connectivity index (χ0) is 13.1. The topological polar surface area (TPSA) is 41.5 Å². The summed E-state index contributed by atoms with van der Waals surface area (Å²) < 4.78 is 5.32. The lowest BCUT2D eigenvalue weighted by Gasteiger charge is -2.28. The maximum atomic E-state index is 8.85. The highest BCUT2D eigenvalue weighted by atomic mass is 16.5. The molecule has 0 heterocycles. The molecule has 0 unspecified atom stereocenters. The van der Waals surface area contributed by atoms with Crippen molar-refractivity contribution in [3.05, 3.63) is 28.8 Å². The summed E-state index contributed by atoms with van der Waals surface area (Å²) in [4.78, 5) is 0. The van der Waals surface area contributed by atoms with Crippen LogP contribution in [0.25, 0.3) is 0 Å². The predicted octanol–water partition coefficient (Wildman–Crippen LogP) is 2.13.